The predicted octanol–water partition coefficient (Wildman–Crippen LogP) is 20.4. The van der Waals surface area contributed by atoms with Crippen LogP contribution in [0.5, 0.6) is 0 Å². The molecule has 81 heavy (non-hydrogen) atoms. The molecule has 0 N–H and O–H groups in total. The second-order valence-electron chi connectivity index (χ2n) is 28.1. The number of hydrogen-bond acceptors (Lipinski definition) is 6. The first-order valence-corrected chi connectivity index (χ1v) is 29.1. The van der Waals surface area contributed by atoms with Gasteiger partial charge in [0, 0.05) is 61.6 Å². The molecule has 0 aliphatic carbocycles. The fraction of sp³-hybridized carbons (Fsp3) is 0.413. The fourth-order valence-electron chi connectivity index (χ4n) is 10.8. The van der Waals surface area contributed by atoms with Crippen molar-refractivity contribution in [3.8, 4) is 0 Å². The van der Waals surface area contributed by atoms with E-state index in [0.29, 0.717) is 0 Å². The second kappa shape index (κ2) is 24.3. The van der Waals surface area contributed by atoms with Crippen LogP contribution in [0.25, 0.3) is 54.4 Å². The van der Waals surface area contributed by atoms with Crippen molar-refractivity contribution in [2.24, 2.45) is 0 Å². The lowest BCUT2D eigenvalue weighted by Crippen LogP contribution is -2.13. The molecule has 0 bridgehead atoms. The first-order chi connectivity index (χ1) is 37.3. The first kappa shape index (κ1) is 63.3. The quantitative estimate of drug-likeness (QED) is 0.151. The van der Waals surface area contributed by atoms with Crippen LogP contribution in [0.15, 0.2) is 109 Å². The monoisotopic (exact) mass is 1080 g/mol. The lowest BCUT2D eigenvalue weighted by Gasteiger charge is -2.23. The van der Waals surface area contributed by atoms with Crippen molar-refractivity contribution >= 4 is 54.4 Å². The van der Waals surface area contributed by atoms with E-state index in [4.69, 9.17) is 0 Å². The SMILES string of the molecule is Cc1cc(C(C)(C)C)c2c(C)nc(C)cc2c1.Cc1cc(C(C)(C)C)c2nc(C)ccc2c1.Cc1cc(C(C)(C)C)c2nc(C)ccc2c1.Cc1cc(C(C)(C)C)c2nc(C)nc(C)c2c1.Cc1cc(C(C)(C)C)c2ncccc2c1. The van der Waals surface area contributed by atoms with E-state index in [-0.39, 0.29) is 27.1 Å². The molecule has 0 radical (unpaired) electrons. The van der Waals surface area contributed by atoms with E-state index in [1.165, 1.54) is 88.0 Å². The van der Waals surface area contributed by atoms with Crippen molar-refractivity contribution in [3.63, 3.8) is 0 Å². The van der Waals surface area contributed by atoms with E-state index in [0.717, 1.165) is 56.4 Å². The molecule has 0 aliphatic rings. The number of aromatic nitrogens is 6. The van der Waals surface area contributed by atoms with Crippen LogP contribution >= 0.6 is 0 Å². The third kappa shape index (κ3) is 16.0. The lowest BCUT2D eigenvalue weighted by atomic mass is 9.82. The number of hydrogen-bond donors (Lipinski definition) is 0. The molecule has 0 aliphatic heterocycles. The van der Waals surface area contributed by atoms with Crippen LogP contribution in [0.3, 0.4) is 0 Å². The Hall–Kier alpha value is -6.92. The molecule has 0 unspecified atom stereocenters. The van der Waals surface area contributed by atoms with E-state index in [2.05, 4.69) is 286 Å². The zero-order valence-electron chi connectivity index (χ0n) is 54.6. The zero-order valence-corrected chi connectivity index (χ0v) is 54.6. The molecule has 0 atom stereocenters. The Labute approximate surface area is 488 Å². The Morgan fingerprint density at radius 3 is 1.09 bits per heavy atom. The van der Waals surface area contributed by atoms with Crippen LogP contribution in [0.4, 0.5) is 0 Å². The smallest absolute Gasteiger partial charge is 0.126 e. The molecule has 0 amide bonds. The van der Waals surface area contributed by atoms with Crippen molar-refractivity contribution in [2.45, 2.75) is 207 Å². The van der Waals surface area contributed by atoms with Crippen LogP contribution in [-0.4, -0.2) is 29.9 Å². The number of benzene rings is 5. The maximum absolute atomic E-state index is 4.68. The molecule has 6 nitrogen and oxygen atoms in total. The highest BCUT2D eigenvalue weighted by Crippen LogP contribution is 2.36. The number of pyridine rings is 4. The highest BCUT2D eigenvalue weighted by Gasteiger charge is 2.23. The Morgan fingerprint density at radius 2 is 0.654 bits per heavy atom. The summed E-state index contributed by atoms with van der Waals surface area (Å²) in [6.07, 6.45) is 1.87. The van der Waals surface area contributed by atoms with E-state index < -0.39 is 0 Å². The van der Waals surface area contributed by atoms with Crippen molar-refractivity contribution in [1.82, 2.24) is 29.9 Å². The van der Waals surface area contributed by atoms with Gasteiger partial charge in [0.2, 0.25) is 0 Å². The van der Waals surface area contributed by atoms with Crippen molar-refractivity contribution in [3.05, 3.63) is 199 Å². The molecule has 0 spiro atoms. The molecule has 5 aromatic carbocycles. The Morgan fingerprint density at radius 1 is 0.284 bits per heavy atom. The van der Waals surface area contributed by atoms with Crippen LogP contribution in [-0.2, 0) is 27.1 Å². The molecule has 0 saturated heterocycles. The highest BCUT2D eigenvalue weighted by atomic mass is 14.9. The van der Waals surface area contributed by atoms with Gasteiger partial charge < -0.3 is 0 Å². The first-order valence-electron chi connectivity index (χ1n) is 29.1. The van der Waals surface area contributed by atoms with E-state index in [1.54, 1.807) is 0 Å². The Kier molecular flexibility index (Phi) is 19.0. The number of rotatable bonds is 0. The summed E-state index contributed by atoms with van der Waals surface area (Å²) in [5.74, 6) is 0.851. The summed E-state index contributed by atoms with van der Waals surface area (Å²) in [5, 5.41) is 7.56. The van der Waals surface area contributed by atoms with Gasteiger partial charge in [0.05, 0.1) is 22.1 Å². The minimum absolute atomic E-state index is 0.109. The van der Waals surface area contributed by atoms with Gasteiger partial charge in [0.1, 0.15) is 5.82 Å². The Balaban J connectivity index is 0.000000163. The topological polar surface area (TPSA) is 77.3 Å². The van der Waals surface area contributed by atoms with Crippen LogP contribution in [0.2, 0.25) is 0 Å². The molecule has 5 aromatic heterocycles. The molecule has 0 saturated carbocycles. The second-order valence-corrected chi connectivity index (χ2v) is 28.1. The maximum atomic E-state index is 4.68. The standard InChI is InChI=1S/C16H21N.C15H20N2.2C15H19N.C14H17N/c1-10-7-13-9-11(2)17-12(3)15(13)14(8-10)16(4,5)6;1-9-7-12-10(2)16-11(3)17-14(12)13(8-9)15(4,5)6;2*1-10-8-12-7-6-11(2)16-14(12)13(9-10)15(3,4)5;1-10-8-11-6-5-7-15-13(11)12(9-10)14(2,3)4/h7-9H,1-6H3;7-8H,1-6H3;2*6-9H,1-5H3;5-9H,1-4H3. The third-order valence-electron chi connectivity index (χ3n) is 14.7. The minimum Gasteiger partial charge on any atom is -0.258 e. The van der Waals surface area contributed by atoms with Gasteiger partial charge in [0.25, 0.3) is 0 Å². The molecule has 0 fully saturated rings. The van der Waals surface area contributed by atoms with Gasteiger partial charge in [-0.05, 0) is 185 Å². The largest absolute Gasteiger partial charge is 0.258 e. The van der Waals surface area contributed by atoms with Gasteiger partial charge in [-0.3, -0.25) is 19.9 Å². The molecule has 10 rings (SSSR count). The van der Waals surface area contributed by atoms with E-state index in [9.17, 15) is 0 Å². The summed E-state index contributed by atoms with van der Waals surface area (Å²) in [6, 6.07) is 37.1. The zero-order chi connectivity index (χ0) is 60.5. The molecular weight excluding hydrogens is 985 g/mol. The molecule has 6 heteroatoms. The van der Waals surface area contributed by atoms with Gasteiger partial charge >= 0.3 is 0 Å². The van der Waals surface area contributed by atoms with Crippen LogP contribution in [0.1, 0.15) is 194 Å². The summed E-state index contributed by atoms with van der Waals surface area (Å²) in [7, 11) is 0. The number of aryl methyl sites for hydroxylation is 11. The van der Waals surface area contributed by atoms with E-state index in [1.807, 2.05) is 33.0 Å². The average Bonchev–Trinajstić information content (AvgIpc) is 3.35. The molecule has 5 heterocycles. The summed E-state index contributed by atoms with van der Waals surface area (Å²) in [6.45, 7) is 56.6. The normalized spacial score (nSPS) is 12.1. The number of nitrogens with zero attached hydrogens (tertiary/aromatic N) is 6. The van der Waals surface area contributed by atoms with Crippen molar-refractivity contribution in [2.75, 3.05) is 0 Å². The van der Waals surface area contributed by atoms with E-state index >= 15 is 0 Å². The predicted molar refractivity (Wildman–Crippen MR) is 352 cm³/mol. The summed E-state index contributed by atoms with van der Waals surface area (Å²) >= 11 is 0. The maximum Gasteiger partial charge on any atom is 0.126 e. The Bertz CT molecular complexity index is 3790. The molecule has 10 aromatic rings. The third-order valence-corrected chi connectivity index (χ3v) is 14.7. The van der Waals surface area contributed by atoms with Gasteiger partial charge in [-0.2, -0.15) is 0 Å². The molecule has 426 valence electrons. The summed E-state index contributed by atoms with van der Waals surface area (Å²) in [5.41, 5.74) is 24.0. The average molecular weight is 1080 g/mol. The lowest BCUT2D eigenvalue weighted by molar-refractivity contribution is 0.593. The van der Waals surface area contributed by atoms with Gasteiger partial charge in [0.15, 0.2) is 0 Å². The number of fused-ring (bicyclic) bond motifs is 5. The van der Waals surface area contributed by atoms with Gasteiger partial charge in [-0.15, -0.1) is 0 Å². The highest BCUT2D eigenvalue weighted by molar-refractivity contribution is 5.90. The van der Waals surface area contributed by atoms with Crippen molar-refractivity contribution < 1.29 is 0 Å². The summed E-state index contributed by atoms with van der Waals surface area (Å²) < 4.78 is 0. The minimum atomic E-state index is 0.109. The van der Waals surface area contributed by atoms with Crippen LogP contribution < -0.4 is 0 Å². The van der Waals surface area contributed by atoms with Crippen molar-refractivity contribution in [1.29, 1.82) is 0 Å². The van der Waals surface area contributed by atoms with Gasteiger partial charge in [-0.25, -0.2) is 9.97 Å². The molecular formula is C75H96N6. The fourth-order valence-corrected chi connectivity index (χ4v) is 10.8. The van der Waals surface area contributed by atoms with Gasteiger partial charge in [-0.1, -0.05) is 186 Å². The van der Waals surface area contributed by atoms with Crippen LogP contribution in [0, 0.1) is 76.2 Å². The summed E-state index contributed by atoms with van der Waals surface area (Å²) in [4.78, 5) is 27.5.